The smallest absolute Gasteiger partial charge is 0.598 e. The summed E-state index contributed by atoms with van der Waals surface area (Å²) in [6, 6.07) is 29.6. The molecule has 8 heterocycles. The molecule has 17 nitrogen and oxygen atoms in total. The molecule has 460 valence electrons. The Morgan fingerprint density at radius 1 is 0.565 bits per heavy atom. The van der Waals surface area contributed by atoms with E-state index in [0.29, 0.717) is 42.3 Å². The van der Waals surface area contributed by atoms with Gasteiger partial charge in [0.05, 0.1) is 24.3 Å². The third-order valence-electron chi connectivity index (χ3n) is 23.5. The fourth-order valence-corrected chi connectivity index (χ4v) is 18.8. The number of rotatable bonds is 12. The Kier molecular flexibility index (Phi) is 16.1. The van der Waals surface area contributed by atoms with E-state index in [4.69, 9.17) is 37.4 Å². The number of hydrogen-bond acceptors (Lipinski definition) is 14. The summed E-state index contributed by atoms with van der Waals surface area (Å²) in [7, 11) is 0. The van der Waals surface area contributed by atoms with E-state index in [-0.39, 0.29) is 122 Å². The first kappa shape index (κ1) is 60.9. The number of quaternary nitrogens is 3. The maximum absolute atomic E-state index is 12.7. The first-order chi connectivity index (χ1) is 39.8. The molecule has 3 aromatic rings. The number of hydrogen-bond donors (Lipinski definition) is 0. The van der Waals surface area contributed by atoms with E-state index in [1.807, 2.05) is 110 Å². The standard InChI is InChI=1S/C23H30BNO5.C20H26BNO5.C20H26BNO4.2CH4.H2/c1-22(2)17-10-9-16(18(22)11-17)12-25-13-19(26)29-24(25,30-20(27)14-25)23(3)21(28-23)15-7-5-4-6-8-15;1-14(15-8-4-2-5-9-15)22-12-17(23)26-21(22,27-18(24)13-22)20-19(25-20)16-10-6-3-7-11-16;1-16(18-10-6-3-7-11-18)22-14-19(23)25-21(22,26-20(24)15-22)13-12-17-8-4-2-5-9-17;;;/h4-8,16-18,21H,9-14H2,1-3H3;3,6-7,10-11,14-15,19-20H,2,4-5,8-9,12-13H2,1H3;2,4-5,8-9,12-13,16,18H,3,6-7,10-11,14-15H2,1H3;2*1H4;1H/b;;13-12+;;;/t16?,17-,18?,21+,23-,24?,25?;14-,19?,20?,21?,22?;16-,21?,22?;;;/m100.../s1. The predicted octanol–water partition coefficient (Wildman–Crippen LogP) is 10.1. The Labute approximate surface area is 503 Å². The van der Waals surface area contributed by atoms with Crippen LogP contribution in [-0.2, 0) is 66.2 Å². The van der Waals surface area contributed by atoms with Crippen LogP contribution in [0.25, 0.3) is 6.08 Å². The molecule has 5 saturated carbocycles. The van der Waals surface area contributed by atoms with Gasteiger partial charge in [-0.25, -0.2) is 0 Å². The summed E-state index contributed by atoms with van der Waals surface area (Å²) in [6.07, 6.45) is 17.2. The van der Waals surface area contributed by atoms with Crippen LogP contribution in [0, 0.1) is 35.0 Å². The van der Waals surface area contributed by atoms with Crippen molar-refractivity contribution >= 4 is 62.0 Å². The van der Waals surface area contributed by atoms with Gasteiger partial charge in [-0.15, -0.1) is 0 Å². The zero-order valence-electron chi connectivity index (χ0n) is 49.0. The average Bonchev–Trinajstić information content (AvgIpc) is 1.51. The molecule has 3 aromatic carbocycles. The van der Waals surface area contributed by atoms with Crippen molar-refractivity contribution in [3.05, 3.63) is 114 Å². The van der Waals surface area contributed by atoms with Crippen molar-refractivity contribution in [1.29, 1.82) is 0 Å². The quantitative estimate of drug-likeness (QED) is 0.123. The van der Waals surface area contributed by atoms with Gasteiger partial charge in [-0.2, -0.15) is 0 Å². The lowest BCUT2D eigenvalue weighted by Gasteiger charge is -2.61. The molecule has 0 spiro atoms. The maximum Gasteiger partial charge on any atom is 0.617 e. The molecule has 8 aliphatic heterocycles. The van der Waals surface area contributed by atoms with Crippen LogP contribution in [0.5, 0.6) is 0 Å². The topological polar surface area (TPSA) is 183 Å². The van der Waals surface area contributed by atoms with E-state index in [9.17, 15) is 28.8 Å². The van der Waals surface area contributed by atoms with Crippen molar-refractivity contribution in [3.63, 3.8) is 0 Å². The molecule has 20 heteroatoms. The molecule has 0 amide bonds. The Morgan fingerprint density at radius 2 is 1.04 bits per heavy atom. The molecular weight excluding hydrogens is 1080 g/mol. The fourth-order valence-electron chi connectivity index (χ4n) is 18.8. The molecule has 16 rings (SSSR count). The summed E-state index contributed by atoms with van der Waals surface area (Å²) in [5, 5.41) is 0. The molecular formula is C65H92B3N3O14. The lowest BCUT2D eigenvalue weighted by Crippen LogP contribution is -2.72. The molecule has 13 fully saturated rings. The molecule has 5 aliphatic carbocycles. The van der Waals surface area contributed by atoms with Gasteiger partial charge in [0, 0.05) is 25.7 Å². The van der Waals surface area contributed by atoms with E-state index >= 15 is 0 Å². The van der Waals surface area contributed by atoms with Crippen molar-refractivity contribution in [1.82, 2.24) is 0 Å². The number of nitrogens with zero attached hydrogens (tertiary/aromatic N) is 3. The van der Waals surface area contributed by atoms with Gasteiger partial charge in [-0.3, -0.25) is 28.8 Å². The number of fused-ring (bicyclic) bond motifs is 5. The molecule has 8 saturated heterocycles. The Bertz CT molecular complexity index is 3010. The van der Waals surface area contributed by atoms with E-state index in [2.05, 4.69) is 27.7 Å². The Morgan fingerprint density at radius 3 is 1.55 bits per heavy atom. The minimum Gasteiger partial charge on any atom is -0.598 e. The summed E-state index contributed by atoms with van der Waals surface area (Å²) >= 11 is 0. The van der Waals surface area contributed by atoms with Crippen molar-refractivity contribution in [2.24, 2.45) is 35.0 Å². The highest BCUT2D eigenvalue weighted by Gasteiger charge is 2.84. The normalized spacial score (nSPS) is 39.6. The molecule has 0 radical (unpaired) electrons. The van der Waals surface area contributed by atoms with Gasteiger partial charge in [-0.05, 0) is 92.7 Å². The average molecular weight is 1170 g/mol. The first-order valence-corrected chi connectivity index (χ1v) is 31.3. The SMILES string of the molecule is C.C.CC1(C)C2C[C@H]1CCC2C[N+]12CC(=O)O[B-]1([C@]1(C)O[C@H]1c1ccccc1)OC(=O)C2.C[C@@H](C1CCCCC1)[N+]12CC(=O)O[B-]1(/C=C/c1ccccc1)OC(=O)C2.C[C@@H](C1CCCCC1)[N+]12CC(=O)O[B-]1(C1OC1c1ccccc1)OC(=O)C2.[HH]. The molecule has 9 atom stereocenters. The van der Waals surface area contributed by atoms with Crippen LogP contribution in [0.2, 0.25) is 0 Å². The molecule has 0 aromatic heterocycles. The van der Waals surface area contributed by atoms with Crippen LogP contribution in [0.1, 0.15) is 163 Å². The first-order valence-electron chi connectivity index (χ1n) is 31.3. The van der Waals surface area contributed by atoms with Gasteiger partial charge < -0.3 is 50.6 Å². The third-order valence-corrected chi connectivity index (χ3v) is 23.5. The summed E-state index contributed by atoms with van der Waals surface area (Å²) < 4.78 is 48.3. The van der Waals surface area contributed by atoms with Gasteiger partial charge in [0.2, 0.25) is 0 Å². The molecule has 2 bridgehead atoms. The van der Waals surface area contributed by atoms with Crippen molar-refractivity contribution in [2.75, 3.05) is 45.8 Å². The third kappa shape index (κ3) is 9.81. The zero-order chi connectivity index (χ0) is 57.8. The van der Waals surface area contributed by atoms with Crippen LogP contribution in [0.3, 0.4) is 0 Å². The summed E-state index contributed by atoms with van der Waals surface area (Å²) in [5.74, 6) is 3.14. The van der Waals surface area contributed by atoms with E-state index in [1.54, 1.807) is 0 Å². The lowest BCUT2D eigenvalue weighted by molar-refractivity contribution is -0.846. The molecule has 13 aliphatic rings. The number of carbonyl (C=O) groups is 6. The summed E-state index contributed by atoms with van der Waals surface area (Å²) in [6.45, 7) is 6.54. The van der Waals surface area contributed by atoms with Gasteiger partial charge in [0.15, 0.2) is 0 Å². The second-order valence-corrected chi connectivity index (χ2v) is 27.9. The monoisotopic (exact) mass is 1170 g/mol. The zero-order valence-corrected chi connectivity index (χ0v) is 49.0. The molecule has 0 N–H and O–H groups in total. The second kappa shape index (κ2) is 22.4. The van der Waals surface area contributed by atoms with Crippen molar-refractivity contribution < 1.29 is 80.8 Å². The highest BCUT2D eigenvalue weighted by molar-refractivity contribution is 6.72. The highest BCUT2D eigenvalue weighted by atomic mass is 16.7. The number of carbonyl (C=O) groups excluding carboxylic acids is 6. The fraction of sp³-hybridized carbons (Fsp3) is 0.600. The van der Waals surface area contributed by atoms with Gasteiger partial charge >= 0.3 is 55.9 Å². The summed E-state index contributed by atoms with van der Waals surface area (Å²) in [5.41, 5.74) is 2.59. The van der Waals surface area contributed by atoms with Crippen LogP contribution in [0.4, 0.5) is 0 Å². The van der Waals surface area contributed by atoms with Gasteiger partial charge in [0.25, 0.3) is 0 Å². The maximum atomic E-state index is 12.7. The molecule has 4 unspecified atom stereocenters. The van der Waals surface area contributed by atoms with E-state index in [1.165, 1.54) is 51.4 Å². The Hall–Kier alpha value is -5.79. The predicted molar refractivity (Wildman–Crippen MR) is 323 cm³/mol. The second-order valence-electron chi connectivity index (χ2n) is 27.9. The minimum absolute atomic E-state index is 0. The van der Waals surface area contributed by atoms with E-state index in [0.717, 1.165) is 61.3 Å². The van der Waals surface area contributed by atoms with E-state index < -0.39 is 25.6 Å². The lowest BCUT2D eigenvalue weighted by atomic mass is 9.45. The highest BCUT2D eigenvalue weighted by Crippen LogP contribution is 2.65. The molecule has 85 heavy (non-hydrogen) atoms. The van der Waals surface area contributed by atoms with Crippen LogP contribution >= 0.6 is 0 Å². The number of benzene rings is 3. The Balaban J connectivity index is 0.000000141. The van der Waals surface area contributed by atoms with Gasteiger partial charge in [0.1, 0.15) is 50.8 Å². The van der Waals surface area contributed by atoms with Crippen LogP contribution < -0.4 is 0 Å². The van der Waals surface area contributed by atoms with Crippen LogP contribution in [0.15, 0.2) is 97.0 Å². The largest absolute Gasteiger partial charge is 0.617 e. The van der Waals surface area contributed by atoms with Crippen molar-refractivity contribution in [3.8, 4) is 0 Å². The minimum atomic E-state index is -2.26. The number of epoxide rings is 2. The van der Waals surface area contributed by atoms with Gasteiger partial charge in [-0.1, -0.05) is 177 Å². The number of ether oxygens (including phenoxy) is 2. The summed E-state index contributed by atoms with van der Waals surface area (Å²) in [4.78, 5) is 74.9. The van der Waals surface area contributed by atoms with Crippen molar-refractivity contribution in [2.45, 2.75) is 169 Å². The van der Waals surface area contributed by atoms with Crippen LogP contribution in [-0.4, -0.2) is 138 Å².